The number of amides is 1. The van der Waals surface area contributed by atoms with Crippen LogP contribution in [0.4, 0.5) is 23.2 Å². The molecular weight excluding hydrogens is 396 g/mol. The Hall–Kier alpha value is -2.67. The van der Waals surface area contributed by atoms with E-state index < -0.39 is 23.5 Å². The van der Waals surface area contributed by atoms with E-state index >= 15 is 0 Å². The molecule has 2 fully saturated rings. The summed E-state index contributed by atoms with van der Waals surface area (Å²) in [5.41, 5.74) is 7.30. The minimum absolute atomic E-state index is 0.0683. The van der Waals surface area contributed by atoms with Crippen LogP contribution in [0.1, 0.15) is 30.4 Å². The zero-order valence-corrected chi connectivity index (χ0v) is 16.1. The summed E-state index contributed by atoms with van der Waals surface area (Å²) < 4.78 is 52.1. The Morgan fingerprint density at radius 1 is 1.10 bits per heavy atom. The van der Waals surface area contributed by atoms with Crippen molar-refractivity contribution in [2.24, 2.45) is 23.5 Å². The van der Waals surface area contributed by atoms with E-state index in [2.05, 4.69) is 11.4 Å². The van der Waals surface area contributed by atoms with Gasteiger partial charge in [-0.3, -0.25) is 4.79 Å². The van der Waals surface area contributed by atoms with E-state index in [9.17, 15) is 22.4 Å². The Morgan fingerprint density at radius 2 is 1.80 bits per heavy atom. The third-order valence-electron chi connectivity index (χ3n) is 6.23. The maximum atomic E-state index is 13.5. The highest BCUT2D eigenvalue weighted by atomic mass is 19.4. The Bertz CT molecular complexity index is 971. The Balaban J connectivity index is 1.47. The second-order valence-electron chi connectivity index (χ2n) is 8.03. The minimum atomic E-state index is -4.82. The van der Waals surface area contributed by atoms with Gasteiger partial charge in [0.15, 0.2) is 0 Å². The maximum Gasteiger partial charge on any atom is 0.419 e. The molecule has 4 atom stereocenters. The molecule has 3 nitrogen and oxygen atoms in total. The number of hydrogen-bond acceptors (Lipinski definition) is 2. The Morgan fingerprint density at radius 3 is 2.50 bits per heavy atom. The van der Waals surface area contributed by atoms with E-state index in [1.807, 2.05) is 30.3 Å². The van der Waals surface area contributed by atoms with Gasteiger partial charge in [-0.05, 0) is 54.4 Å². The third kappa shape index (κ3) is 3.99. The average molecular weight is 418 g/mol. The monoisotopic (exact) mass is 418 g/mol. The summed E-state index contributed by atoms with van der Waals surface area (Å²) >= 11 is 0. The van der Waals surface area contributed by atoms with Crippen molar-refractivity contribution in [1.29, 1.82) is 0 Å². The quantitative estimate of drug-likeness (QED) is 0.668. The van der Waals surface area contributed by atoms with Crippen LogP contribution < -0.4 is 11.1 Å². The standard InChI is InChI=1S/C23H22F4N2O/c24-20-9-6-14(11-19(20)23(25,26)27)29-21(30)12-18-15-7-8-16(22(18)28)17(15)10-13-4-2-1-3-5-13/h1-6,9-11,15-16,18,22H,7-8,12,28H2,(H,29,30)/b17-10-/t15-,16+,18-,22-/m0/s1. The first kappa shape index (κ1) is 20.6. The van der Waals surface area contributed by atoms with Gasteiger partial charge in [0.2, 0.25) is 5.91 Å². The lowest BCUT2D eigenvalue weighted by Gasteiger charge is -2.26. The SMILES string of the molecule is N[C@@H]1[C@@H](CC(=O)Nc2ccc(F)c(C(F)(F)F)c2)[C@H]2CC[C@@H]1/C2=C\c1ccccc1. The van der Waals surface area contributed by atoms with E-state index in [4.69, 9.17) is 5.73 Å². The molecule has 2 aliphatic rings. The molecule has 4 rings (SSSR count). The smallest absolute Gasteiger partial charge is 0.327 e. The molecule has 2 aliphatic carbocycles. The lowest BCUT2D eigenvalue weighted by Crippen LogP contribution is -2.37. The normalized spacial score (nSPS) is 26.9. The van der Waals surface area contributed by atoms with Crippen molar-refractivity contribution in [2.45, 2.75) is 31.5 Å². The number of fused-ring (bicyclic) bond motifs is 2. The number of rotatable bonds is 4. The summed E-state index contributed by atoms with van der Waals surface area (Å²) in [5, 5.41) is 2.47. The van der Waals surface area contributed by atoms with Gasteiger partial charge in [0, 0.05) is 18.2 Å². The summed E-state index contributed by atoms with van der Waals surface area (Å²) in [4.78, 5) is 12.5. The number of anilines is 1. The highest BCUT2D eigenvalue weighted by Gasteiger charge is 2.49. The summed E-state index contributed by atoms with van der Waals surface area (Å²) in [6, 6.07) is 12.2. The number of halogens is 4. The van der Waals surface area contributed by atoms with Crippen LogP contribution in [0.2, 0.25) is 0 Å². The van der Waals surface area contributed by atoms with Crippen molar-refractivity contribution in [3.63, 3.8) is 0 Å². The van der Waals surface area contributed by atoms with Gasteiger partial charge >= 0.3 is 6.18 Å². The zero-order chi connectivity index (χ0) is 21.5. The fourth-order valence-corrected chi connectivity index (χ4v) is 4.89. The topological polar surface area (TPSA) is 55.1 Å². The highest BCUT2D eigenvalue weighted by Crippen LogP contribution is 2.53. The predicted octanol–water partition coefficient (Wildman–Crippen LogP) is 5.24. The van der Waals surface area contributed by atoms with Crippen LogP contribution in [0.3, 0.4) is 0 Å². The number of carbonyl (C=O) groups is 1. The van der Waals surface area contributed by atoms with Gasteiger partial charge in [-0.15, -0.1) is 0 Å². The van der Waals surface area contributed by atoms with Gasteiger partial charge in [-0.1, -0.05) is 42.0 Å². The molecule has 0 aromatic heterocycles. The number of carbonyl (C=O) groups excluding carboxylic acids is 1. The highest BCUT2D eigenvalue weighted by molar-refractivity contribution is 5.91. The van der Waals surface area contributed by atoms with Crippen molar-refractivity contribution in [1.82, 2.24) is 0 Å². The molecule has 1 amide bonds. The molecule has 0 spiro atoms. The number of hydrogen-bond donors (Lipinski definition) is 2. The van der Waals surface area contributed by atoms with Gasteiger partial charge in [-0.25, -0.2) is 4.39 Å². The second-order valence-corrected chi connectivity index (χ2v) is 8.03. The molecule has 0 radical (unpaired) electrons. The summed E-state index contributed by atoms with van der Waals surface area (Å²) in [5.74, 6) is -1.44. The largest absolute Gasteiger partial charge is 0.419 e. The van der Waals surface area contributed by atoms with E-state index in [0.29, 0.717) is 12.1 Å². The van der Waals surface area contributed by atoms with E-state index in [1.165, 1.54) is 5.57 Å². The summed E-state index contributed by atoms with van der Waals surface area (Å²) in [7, 11) is 0. The Kier molecular flexibility index (Phi) is 5.40. The first-order valence-electron chi connectivity index (χ1n) is 9.93. The molecule has 30 heavy (non-hydrogen) atoms. The summed E-state index contributed by atoms with van der Waals surface area (Å²) in [6.45, 7) is 0. The van der Waals surface area contributed by atoms with Crippen molar-refractivity contribution < 1.29 is 22.4 Å². The first-order chi connectivity index (χ1) is 14.2. The van der Waals surface area contributed by atoms with Gasteiger partial charge < -0.3 is 11.1 Å². The van der Waals surface area contributed by atoms with Gasteiger partial charge in [0.05, 0.1) is 5.56 Å². The van der Waals surface area contributed by atoms with Crippen LogP contribution in [0.25, 0.3) is 6.08 Å². The van der Waals surface area contributed by atoms with Crippen LogP contribution in [0.15, 0.2) is 54.1 Å². The molecule has 7 heteroatoms. The first-order valence-corrected chi connectivity index (χ1v) is 9.93. The fraction of sp³-hybridized carbons (Fsp3) is 0.348. The van der Waals surface area contributed by atoms with Crippen molar-refractivity contribution >= 4 is 17.7 Å². The number of nitrogens with two attached hydrogens (primary N) is 1. The van der Waals surface area contributed by atoms with Crippen LogP contribution in [-0.4, -0.2) is 11.9 Å². The molecule has 0 unspecified atom stereocenters. The molecule has 2 bridgehead atoms. The molecule has 2 saturated carbocycles. The van der Waals surface area contributed by atoms with E-state index in [1.54, 1.807) is 0 Å². The minimum Gasteiger partial charge on any atom is -0.327 e. The lowest BCUT2D eigenvalue weighted by atomic mass is 9.82. The van der Waals surface area contributed by atoms with Crippen molar-refractivity contribution in [3.8, 4) is 0 Å². The fourth-order valence-electron chi connectivity index (χ4n) is 4.89. The molecule has 0 aliphatic heterocycles. The number of nitrogens with one attached hydrogen (secondary N) is 1. The molecule has 2 aromatic carbocycles. The molecule has 3 N–H and O–H groups in total. The molecule has 0 saturated heterocycles. The third-order valence-corrected chi connectivity index (χ3v) is 6.23. The summed E-state index contributed by atoms with van der Waals surface area (Å²) in [6.07, 6.45) is -0.628. The van der Waals surface area contributed by atoms with E-state index in [0.717, 1.165) is 24.5 Å². The molecule has 2 aromatic rings. The van der Waals surface area contributed by atoms with Crippen LogP contribution in [0, 0.1) is 23.6 Å². The van der Waals surface area contributed by atoms with Crippen LogP contribution >= 0.6 is 0 Å². The van der Waals surface area contributed by atoms with Crippen molar-refractivity contribution in [3.05, 3.63) is 71.0 Å². The van der Waals surface area contributed by atoms with Gasteiger partial charge in [0.25, 0.3) is 0 Å². The molecule has 158 valence electrons. The van der Waals surface area contributed by atoms with Crippen LogP contribution in [0.5, 0.6) is 0 Å². The maximum absolute atomic E-state index is 13.5. The molecule has 0 heterocycles. The van der Waals surface area contributed by atoms with Gasteiger partial charge in [0.1, 0.15) is 5.82 Å². The zero-order valence-electron chi connectivity index (χ0n) is 16.1. The Labute approximate surface area is 172 Å². The number of alkyl halides is 3. The average Bonchev–Trinajstić information content (AvgIpc) is 3.19. The van der Waals surface area contributed by atoms with Gasteiger partial charge in [-0.2, -0.15) is 13.2 Å². The number of benzene rings is 2. The molecular formula is C23H22F4N2O. The second kappa shape index (κ2) is 7.87. The van der Waals surface area contributed by atoms with E-state index in [-0.39, 0.29) is 35.9 Å². The van der Waals surface area contributed by atoms with Crippen molar-refractivity contribution in [2.75, 3.05) is 5.32 Å². The van der Waals surface area contributed by atoms with Crippen LogP contribution in [-0.2, 0) is 11.0 Å². The lowest BCUT2D eigenvalue weighted by molar-refractivity contribution is -0.140. The predicted molar refractivity (Wildman–Crippen MR) is 107 cm³/mol.